The van der Waals surface area contributed by atoms with Crippen molar-refractivity contribution in [2.45, 2.75) is 38.0 Å². The summed E-state index contributed by atoms with van der Waals surface area (Å²) >= 11 is 1.84. The average Bonchev–Trinajstić information content (AvgIpc) is 2.32. The van der Waals surface area contributed by atoms with Gasteiger partial charge >= 0.3 is 0 Å². The highest BCUT2D eigenvalue weighted by Gasteiger charge is 2.17. The van der Waals surface area contributed by atoms with E-state index in [0.29, 0.717) is 10.8 Å². The predicted octanol–water partition coefficient (Wildman–Crippen LogP) is 1.38. The predicted molar refractivity (Wildman–Crippen MR) is 51.8 cm³/mol. The zero-order valence-electron chi connectivity index (χ0n) is 7.61. The van der Waals surface area contributed by atoms with Crippen LogP contribution < -0.4 is 10.0 Å². The van der Waals surface area contributed by atoms with Crippen LogP contribution in [0.2, 0.25) is 0 Å². The van der Waals surface area contributed by atoms with Gasteiger partial charge in [0.2, 0.25) is 0 Å². The fourth-order valence-corrected chi connectivity index (χ4v) is 1.74. The Labute approximate surface area is 73.6 Å². The minimum atomic E-state index is 0.336. The second-order valence-corrected chi connectivity index (χ2v) is 5.69. The molecule has 66 valence electrons. The van der Waals surface area contributed by atoms with E-state index in [1.165, 1.54) is 13.0 Å². The fraction of sp³-hybridized carbons (Fsp3) is 1.00. The highest BCUT2D eigenvalue weighted by Crippen LogP contribution is 2.20. The van der Waals surface area contributed by atoms with E-state index in [4.69, 9.17) is 0 Å². The van der Waals surface area contributed by atoms with Gasteiger partial charge in [-0.25, -0.2) is 0 Å². The monoisotopic (exact) mass is 174 g/mol. The van der Waals surface area contributed by atoms with Gasteiger partial charge in [0.1, 0.15) is 0 Å². The van der Waals surface area contributed by atoms with Crippen LogP contribution in [-0.4, -0.2) is 23.9 Å². The first-order valence-corrected chi connectivity index (χ1v) is 5.04. The molecule has 1 heterocycles. The first kappa shape index (κ1) is 9.36. The van der Waals surface area contributed by atoms with Crippen molar-refractivity contribution in [1.82, 2.24) is 10.0 Å². The largest absolute Gasteiger partial charge is 0.315 e. The van der Waals surface area contributed by atoms with Crippen LogP contribution >= 0.6 is 11.9 Å². The molecule has 1 saturated heterocycles. The summed E-state index contributed by atoms with van der Waals surface area (Å²) in [4.78, 5) is 0. The van der Waals surface area contributed by atoms with E-state index in [9.17, 15) is 0 Å². The second kappa shape index (κ2) is 3.78. The van der Waals surface area contributed by atoms with Crippen molar-refractivity contribution in [1.29, 1.82) is 0 Å². The lowest BCUT2D eigenvalue weighted by molar-refractivity contribution is 0.678. The van der Waals surface area contributed by atoms with Gasteiger partial charge in [-0.15, -0.1) is 0 Å². The van der Waals surface area contributed by atoms with Crippen LogP contribution in [0, 0.1) is 0 Å². The van der Waals surface area contributed by atoms with Gasteiger partial charge in [0, 0.05) is 17.3 Å². The molecule has 1 aliphatic heterocycles. The van der Waals surface area contributed by atoms with Gasteiger partial charge in [-0.2, -0.15) is 0 Å². The highest BCUT2D eigenvalue weighted by atomic mass is 32.2. The topological polar surface area (TPSA) is 24.1 Å². The molecule has 11 heavy (non-hydrogen) atoms. The summed E-state index contributed by atoms with van der Waals surface area (Å²) in [6.45, 7) is 8.98. The van der Waals surface area contributed by atoms with Crippen molar-refractivity contribution in [2.24, 2.45) is 0 Å². The summed E-state index contributed by atoms with van der Waals surface area (Å²) in [5.41, 5.74) is 0. The van der Waals surface area contributed by atoms with Crippen LogP contribution in [0.3, 0.4) is 0 Å². The Morgan fingerprint density at radius 3 is 2.64 bits per heavy atom. The molecule has 0 amide bonds. The van der Waals surface area contributed by atoms with Crippen LogP contribution in [0.4, 0.5) is 0 Å². The third-order valence-corrected chi connectivity index (χ3v) is 2.66. The standard InChI is InChI=1S/C8H18N2S/c1-8(2,3)11-10-7-4-5-9-6-7/h7,9-10H,4-6H2,1-3H3. The maximum atomic E-state index is 3.48. The SMILES string of the molecule is CC(C)(C)SNC1CCNC1. The maximum absolute atomic E-state index is 3.48. The first-order valence-electron chi connectivity index (χ1n) is 4.22. The average molecular weight is 174 g/mol. The quantitative estimate of drug-likeness (QED) is 0.619. The molecular weight excluding hydrogens is 156 g/mol. The Morgan fingerprint density at radius 1 is 1.45 bits per heavy atom. The summed E-state index contributed by atoms with van der Waals surface area (Å²) in [7, 11) is 0. The Morgan fingerprint density at radius 2 is 2.18 bits per heavy atom. The van der Waals surface area contributed by atoms with Crippen molar-refractivity contribution < 1.29 is 0 Å². The van der Waals surface area contributed by atoms with Crippen molar-refractivity contribution in [3.63, 3.8) is 0 Å². The molecule has 0 bridgehead atoms. The van der Waals surface area contributed by atoms with Crippen molar-refractivity contribution in [3.05, 3.63) is 0 Å². The molecule has 0 spiro atoms. The van der Waals surface area contributed by atoms with Crippen LogP contribution in [0.5, 0.6) is 0 Å². The molecule has 1 atom stereocenters. The molecule has 0 aromatic heterocycles. The summed E-state index contributed by atoms with van der Waals surface area (Å²) in [5, 5.41) is 3.33. The fourth-order valence-electron chi connectivity index (χ4n) is 1.02. The highest BCUT2D eigenvalue weighted by molar-refractivity contribution is 7.98. The molecule has 0 aliphatic carbocycles. The van der Waals surface area contributed by atoms with Crippen molar-refractivity contribution >= 4 is 11.9 Å². The van der Waals surface area contributed by atoms with Crippen LogP contribution in [0.1, 0.15) is 27.2 Å². The smallest absolute Gasteiger partial charge is 0.0309 e. The number of hydrogen-bond donors (Lipinski definition) is 2. The Hall–Kier alpha value is 0.270. The summed E-state index contributed by atoms with van der Waals surface area (Å²) < 4.78 is 3.81. The third kappa shape index (κ3) is 3.99. The maximum Gasteiger partial charge on any atom is 0.0309 e. The van der Waals surface area contributed by atoms with Gasteiger partial charge in [0.25, 0.3) is 0 Å². The molecule has 3 heteroatoms. The van der Waals surface area contributed by atoms with E-state index in [1.807, 2.05) is 11.9 Å². The van der Waals surface area contributed by atoms with E-state index in [2.05, 4.69) is 30.8 Å². The minimum absolute atomic E-state index is 0.336. The molecule has 1 aliphatic rings. The Bertz CT molecular complexity index is 114. The number of rotatable bonds is 2. The zero-order chi connectivity index (χ0) is 8.32. The van der Waals surface area contributed by atoms with E-state index in [0.717, 1.165) is 6.54 Å². The lowest BCUT2D eigenvalue weighted by atomic mass is 10.3. The van der Waals surface area contributed by atoms with E-state index in [-0.39, 0.29) is 0 Å². The summed E-state index contributed by atoms with van der Waals surface area (Å²) in [5.74, 6) is 0. The Kier molecular flexibility index (Phi) is 3.22. The zero-order valence-corrected chi connectivity index (χ0v) is 8.42. The minimum Gasteiger partial charge on any atom is -0.315 e. The first-order chi connectivity index (χ1) is 5.08. The molecule has 2 nitrogen and oxygen atoms in total. The summed E-state index contributed by atoms with van der Waals surface area (Å²) in [6, 6.07) is 0.680. The van der Waals surface area contributed by atoms with Gasteiger partial charge in [-0.1, -0.05) is 11.9 Å². The van der Waals surface area contributed by atoms with Gasteiger partial charge in [-0.05, 0) is 33.7 Å². The van der Waals surface area contributed by atoms with Gasteiger partial charge in [0.05, 0.1) is 0 Å². The van der Waals surface area contributed by atoms with E-state index in [1.54, 1.807) is 0 Å². The second-order valence-electron chi connectivity index (χ2n) is 4.02. The van der Waals surface area contributed by atoms with Gasteiger partial charge in [0.15, 0.2) is 0 Å². The third-order valence-electron chi connectivity index (χ3n) is 1.59. The van der Waals surface area contributed by atoms with Gasteiger partial charge in [-0.3, -0.25) is 4.72 Å². The summed E-state index contributed by atoms with van der Waals surface area (Å²) in [6.07, 6.45) is 1.27. The normalized spacial score (nSPS) is 25.9. The molecule has 0 aromatic rings. The molecule has 0 radical (unpaired) electrons. The molecule has 1 fully saturated rings. The number of nitrogens with one attached hydrogen (secondary N) is 2. The van der Waals surface area contributed by atoms with Crippen molar-refractivity contribution in [2.75, 3.05) is 13.1 Å². The Balaban J connectivity index is 2.11. The molecular formula is C8H18N2S. The lowest BCUT2D eigenvalue weighted by Crippen LogP contribution is -2.29. The molecule has 2 N–H and O–H groups in total. The van der Waals surface area contributed by atoms with Gasteiger partial charge < -0.3 is 5.32 Å². The molecule has 0 saturated carbocycles. The number of hydrogen-bond acceptors (Lipinski definition) is 3. The molecule has 0 aromatic carbocycles. The van der Waals surface area contributed by atoms with E-state index >= 15 is 0 Å². The molecule has 1 unspecified atom stereocenters. The van der Waals surface area contributed by atoms with Crippen LogP contribution in [-0.2, 0) is 0 Å². The van der Waals surface area contributed by atoms with Crippen LogP contribution in [0.15, 0.2) is 0 Å². The van der Waals surface area contributed by atoms with Crippen LogP contribution in [0.25, 0.3) is 0 Å². The van der Waals surface area contributed by atoms with Crippen molar-refractivity contribution in [3.8, 4) is 0 Å². The van der Waals surface area contributed by atoms with E-state index < -0.39 is 0 Å². The lowest BCUT2D eigenvalue weighted by Gasteiger charge is -2.20. The molecule has 1 rings (SSSR count).